The molecule has 0 aromatic heterocycles. The number of nitrogens with zero attached hydrogens (tertiary/aromatic N) is 1. The zero-order valence-electron chi connectivity index (χ0n) is 12.7. The zero-order chi connectivity index (χ0) is 13.8. The van der Waals surface area contributed by atoms with Gasteiger partial charge in [0.15, 0.2) is 0 Å². The third kappa shape index (κ3) is 4.87. The molecular weight excluding hydrogens is 284 g/mol. The van der Waals surface area contributed by atoms with E-state index in [9.17, 15) is 0 Å². The van der Waals surface area contributed by atoms with Gasteiger partial charge in [-0.15, -0.1) is 12.4 Å². The monoisotopic (exact) mass is 310 g/mol. The van der Waals surface area contributed by atoms with Gasteiger partial charge in [-0.25, -0.2) is 0 Å². The number of likely N-dealkylation sites (tertiary alicyclic amines) is 1. The van der Waals surface area contributed by atoms with Crippen LogP contribution in [-0.2, 0) is 11.3 Å². The second kappa shape index (κ2) is 8.02. The molecule has 3 rings (SSSR count). The Morgan fingerprint density at radius 3 is 2.38 bits per heavy atom. The van der Waals surface area contributed by atoms with Gasteiger partial charge in [-0.1, -0.05) is 25.0 Å². The summed E-state index contributed by atoms with van der Waals surface area (Å²) in [7, 11) is 0. The van der Waals surface area contributed by atoms with Crippen molar-refractivity contribution in [1.82, 2.24) is 4.90 Å². The van der Waals surface area contributed by atoms with E-state index in [2.05, 4.69) is 17.0 Å². The molecule has 1 aromatic carbocycles. The number of ether oxygens (including phenoxy) is 1. The third-order valence-corrected chi connectivity index (χ3v) is 4.58. The topological polar surface area (TPSA) is 38.5 Å². The minimum atomic E-state index is 0. The van der Waals surface area contributed by atoms with Gasteiger partial charge in [0.2, 0.25) is 0 Å². The minimum Gasteiger partial charge on any atom is -0.399 e. The zero-order valence-corrected chi connectivity index (χ0v) is 13.5. The van der Waals surface area contributed by atoms with E-state index in [1.165, 1.54) is 44.1 Å². The molecule has 2 N–H and O–H groups in total. The van der Waals surface area contributed by atoms with Gasteiger partial charge >= 0.3 is 0 Å². The van der Waals surface area contributed by atoms with E-state index in [1.54, 1.807) is 0 Å². The van der Waals surface area contributed by atoms with Crippen molar-refractivity contribution in [2.75, 3.05) is 18.8 Å². The predicted octanol–water partition coefficient (Wildman–Crippen LogP) is 3.61. The number of rotatable bonds is 4. The quantitative estimate of drug-likeness (QED) is 0.863. The molecule has 1 saturated carbocycles. The highest BCUT2D eigenvalue weighted by molar-refractivity contribution is 5.85. The summed E-state index contributed by atoms with van der Waals surface area (Å²) in [5.41, 5.74) is 8.02. The lowest BCUT2D eigenvalue weighted by Crippen LogP contribution is -2.37. The standard InChI is InChI=1S/C17H26N2O.ClH/c18-15-5-3-4-14(12-15)13-19-10-8-17(9-11-19)20-16-6-1-2-7-16;/h3-5,12,16-17H,1-2,6-11,13,18H2;1H. The van der Waals surface area contributed by atoms with Crippen LogP contribution in [0.4, 0.5) is 5.69 Å². The van der Waals surface area contributed by atoms with Crippen LogP contribution < -0.4 is 5.73 Å². The smallest absolute Gasteiger partial charge is 0.0603 e. The van der Waals surface area contributed by atoms with Crippen molar-refractivity contribution in [2.45, 2.75) is 57.3 Å². The van der Waals surface area contributed by atoms with Crippen LogP contribution in [0, 0.1) is 0 Å². The maximum atomic E-state index is 6.22. The molecule has 1 aliphatic heterocycles. The maximum absolute atomic E-state index is 6.22. The summed E-state index contributed by atoms with van der Waals surface area (Å²) in [5, 5.41) is 0. The van der Waals surface area contributed by atoms with E-state index in [4.69, 9.17) is 10.5 Å². The Morgan fingerprint density at radius 1 is 1.05 bits per heavy atom. The largest absolute Gasteiger partial charge is 0.399 e. The number of benzene rings is 1. The van der Waals surface area contributed by atoms with Gasteiger partial charge in [0, 0.05) is 25.3 Å². The summed E-state index contributed by atoms with van der Waals surface area (Å²) in [5.74, 6) is 0. The van der Waals surface area contributed by atoms with E-state index in [1.807, 2.05) is 12.1 Å². The van der Waals surface area contributed by atoms with Crippen LogP contribution >= 0.6 is 12.4 Å². The number of anilines is 1. The molecule has 0 spiro atoms. The van der Waals surface area contributed by atoms with Crippen LogP contribution in [-0.4, -0.2) is 30.2 Å². The molecule has 1 aromatic rings. The average molecular weight is 311 g/mol. The summed E-state index contributed by atoms with van der Waals surface area (Å²) in [6, 6.07) is 8.24. The van der Waals surface area contributed by atoms with E-state index in [-0.39, 0.29) is 12.4 Å². The van der Waals surface area contributed by atoms with Gasteiger partial charge in [0.25, 0.3) is 0 Å². The van der Waals surface area contributed by atoms with Gasteiger partial charge in [-0.2, -0.15) is 0 Å². The highest BCUT2D eigenvalue weighted by atomic mass is 35.5. The Kier molecular flexibility index (Phi) is 6.34. The number of nitrogen functional groups attached to an aromatic ring is 1. The van der Waals surface area contributed by atoms with E-state index in [0.717, 1.165) is 25.3 Å². The van der Waals surface area contributed by atoms with Crippen molar-refractivity contribution in [3.8, 4) is 0 Å². The number of hydrogen-bond donors (Lipinski definition) is 1. The molecule has 0 bridgehead atoms. The highest BCUT2D eigenvalue weighted by Gasteiger charge is 2.24. The molecule has 3 nitrogen and oxygen atoms in total. The normalized spacial score (nSPS) is 21.3. The lowest BCUT2D eigenvalue weighted by atomic mass is 10.1. The van der Waals surface area contributed by atoms with Crippen molar-refractivity contribution in [3.63, 3.8) is 0 Å². The predicted molar refractivity (Wildman–Crippen MR) is 89.7 cm³/mol. The van der Waals surface area contributed by atoms with Crippen molar-refractivity contribution in [3.05, 3.63) is 29.8 Å². The molecule has 4 heteroatoms. The first-order chi connectivity index (χ1) is 9.79. The van der Waals surface area contributed by atoms with Crippen molar-refractivity contribution in [2.24, 2.45) is 0 Å². The van der Waals surface area contributed by atoms with Gasteiger partial charge < -0.3 is 10.5 Å². The number of piperidine rings is 1. The molecule has 21 heavy (non-hydrogen) atoms. The minimum absolute atomic E-state index is 0. The van der Waals surface area contributed by atoms with Crippen molar-refractivity contribution in [1.29, 1.82) is 0 Å². The summed E-state index contributed by atoms with van der Waals surface area (Å²) in [4.78, 5) is 2.52. The van der Waals surface area contributed by atoms with Crippen LogP contribution in [0.2, 0.25) is 0 Å². The summed E-state index contributed by atoms with van der Waals surface area (Å²) < 4.78 is 6.22. The average Bonchev–Trinajstić information content (AvgIpc) is 2.94. The Balaban J connectivity index is 0.00000161. The van der Waals surface area contributed by atoms with Crippen molar-refractivity contribution >= 4 is 18.1 Å². The maximum Gasteiger partial charge on any atom is 0.0603 e. The van der Waals surface area contributed by atoms with Gasteiger partial charge in [0.1, 0.15) is 0 Å². The van der Waals surface area contributed by atoms with Crippen LogP contribution in [0.1, 0.15) is 44.1 Å². The first-order valence-electron chi connectivity index (χ1n) is 8.02. The molecule has 0 atom stereocenters. The van der Waals surface area contributed by atoms with Crippen LogP contribution in [0.3, 0.4) is 0 Å². The number of hydrogen-bond acceptors (Lipinski definition) is 3. The van der Waals surface area contributed by atoms with Crippen LogP contribution in [0.25, 0.3) is 0 Å². The molecule has 2 fully saturated rings. The van der Waals surface area contributed by atoms with Crippen molar-refractivity contribution < 1.29 is 4.74 Å². The molecule has 0 amide bonds. The van der Waals surface area contributed by atoms with E-state index in [0.29, 0.717) is 12.2 Å². The Bertz CT molecular complexity index is 427. The van der Waals surface area contributed by atoms with E-state index >= 15 is 0 Å². The number of nitrogens with two attached hydrogens (primary N) is 1. The van der Waals surface area contributed by atoms with E-state index < -0.39 is 0 Å². The van der Waals surface area contributed by atoms with Gasteiger partial charge in [-0.3, -0.25) is 4.90 Å². The van der Waals surface area contributed by atoms with Gasteiger partial charge in [0.05, 0.1) is 12.2 Å². The second-order valence-electron chi connectivity index (χ2n) is 6.26. The summed E-state index contributed by atoms with van der Waals surface area (Å²) in [6.07, 6.45) is 8.69. The molecule has 1 aliphatic carbocycles. The lowest BCUT2D eigenvalue weighted by molar-refractivity contribution is -0.0399. The molecule has 1 heterocycles. The molecule has 118 valence electrons. The molecule has 0 unspecified atom stereocenters. The summed E-state index contributed by atoms with van der Waals surface area (Å²) >= 11 is 0. The fraction of sp³-hybridized carbons (Fsp3) is 0.647. The lowest BCUT2D eigenvalue weighted by Gasteiger charge is -2.33. The molecular formula is C17H27ClN2O. The number of halogens is 1. The van der Waals surface area contributed by atoms with Crippen LogP contribution in [0.5, 0.6) is 0 Å². The second-order valence-corrected chi connectivity index (χ2v) is 6.26. The Hall–Kier alpha value is -0.770. The first kappa shape index (κ1) is 16.6. The Morgan fingerprint density at radius 2 is 1.71 bits per heavy atom. The SMILES string of the molecule is Cl.Nc1cccc(CN2CCC(OC3CCCC3)CC2)c1. The summed E-state index contributed by atoms with van der Waals surface area (Å²) in [6.45, 7) is 3.31. The van der Waals surface area contributed by atoms with Gasteiger partial charge in [-0.05, 0) is 43.4 Å². The molecule has 0 radical (unpaired) electrons. The fourth-order valence-electron chi connectivity index (χ4n) is 3.45. The fourth-order valence-corrected chi connectivity index (χ4v) is 3.45. The highest BCUT2D eigenvalue weighted by Crippen LogP contribution is 2.25. The van der Waals surface area contributed by atoms with Crippen LogP contribution in [0.15, 0.2) is 24.3 Å². The molecule has 1 saturated heterocycles. The third-order valence-electron chi connectivity index (χ3n) is 4.58. The first-order valence-corrected chi connectivity index (χ1v) is 8.02. The Labute approximate surface area is 134 Å². The molecule has 2 aliphatic rings.